The first-order valence-electron chi connectivity index (χ1n) is 8.20. The van der Waals surface area contributed by atoms with Crippen LogP contribution in [0.4, 0.5) is 0 Å². The molecule has 1 aromatic carbocycles. The van der Waals surface area contributed by atoms with E-state index in [0.29, 0.717) is 24.6 Å². The molecule has 1 amide bonds. The topological polar surface area (TPSA) is 76.8 Å². The fourth-order valence-electron chi connectivity index (χ4n) is 3.10. The van der Waals surface area contributed by atoms with Crippen molar-refractivity contribution >= 4 is 16.9 Å². The van der Waals surface area contributed by atoms with Gasteiger partial charge in [0.2, 0.25) is 0 Å². The molecule has 7 heteroatoms. The molecule has 0 radical (unpaired) electrons. The van der Waals surface area contributed by atoms with Gasteiger partial charge in [-0.15, -0.1) is 5.10 Å². The van der Waals surface area contributed by atoms with Crippen LogP contribution in [0.2, 0.25) is 0 Å². The second-order valence-corrected chi connectivity index (χ2v) is 6.52. The van der Waals surface area contributed by atoms with Crippen LogP contribution in [-0.2, 0) is 0 Å². The lowest BCUT2D eigenvalue weighted by Gasteiger charge is -2.38. The zero-order valence-electron chi connectivity index (χ0n) is 13.0. The van der Waals surface area contributed by atoms with Gasteiger partial charge in [-0.3, -0.25) is 14.8 Å². The molecule has 2 aliphatic rings. The standard InChI is InChI=1S/C17H16N6O/c24-17(12-3-4-14-15(7-12)19-6-5-18-14)22-8-13(9-22)23-10-16(20-21-23)11-1-2-11/h3-7,10-11,13H,1-2,8-9H2. The van der Waals surface area contributed by atoms with Crippen LogP contribution in [0.15, 0.2) is 36.8 Å². The van der Waals surface area contributed by atoms with Crippen LogP contribution < -0.4 is 0 Å². The predicted molar refractivity (Wildman–Crippen MR) is 86.5 cm³/mol. The summed E-state index contributed by atoms with van der Waals surface area (Å²) in [5.74, 6) is 0.636. The van der Waals surface area contributed by atoms with E-state index in [1.165, 1.54) is 12.8 Å². The van der Waals surface area contributed by atoms with Gasteiger partial charge in [-0.2, -0.15) is 0 Å². The first-order chi connectivity index (χ1) is 11.8. The van der Waals surface area contributed by atoms with E-state index in [0.717, 1.165) is 16.7 Å². The molecular weight excluding hydrogens is 304 g/mol. The van der Waals surface area contributed by atoms with Crippen LogP contribution in [0, 0.1) is 0 Å². The molecule has 1 aliphatic heterocycles. The SMILES string of the molecule is O=C(c1ccc2nccnc2c1)N1CC(n2cc(C3CC3)nn2)C1. The maximum atomic E-state index is 12.6. The summed E-state index contributed by atoms with van der Waals surface area (Å²) in [7, 11) is 0. The number of nitrogens with zero attached hydrogens (tertiary/aromatic N) is 6. The van der Waals surface area contributed by atoms with E-state index >= 15 is 0 Å². The summed E-state index contributed by atoms with van der Waals surface area (Å²) in [6.07, 6.45) is 7.77. The van der Waals surface area contributed by atoms with Gasteiger partial charge in [0.05, 0.1) is 22.8 Å². The van der Waals surface area contributed by atoms with Crippen LogP contribution in [0.5, 0.6) is 0 Å². The average molecular weight is 320 g/mol. The van der Waals surface area contributed by atoms with Crippen molar-refractivity contribution in [3.8, 4) is 0 Å². The molecule has 3 heterocycles. The fraction of sp³-hybridized carbons (Fsp3) is 0.353. The molecule has 1 saturated heterocycles. The lowest BCUT2D eigenvalue weighted by atomic mass is 10.1. The number of amides is 1. The molecule has 0 unspecified atom stereocenters. The minimum atomic E-state index is 0.0290. The molecule has 0 spiro atoms. The minimum absolute atomic E-state index is 0.0290. The van der Waals surface area contributed by atoms with Crippen LogP contribution in [0.25, 0.3) is 11.0 Å². The number of rotatable bonds is 3. The van der Waals surface area contributed by atoms with Gasteiger partial charge in [-0.1, -0.05) is 5.21 Å². The van der Waals surface area contributed by atoms with Crippen LogP contribution >= 0.6 is 0 Å². The Kier molecular flexibility index (Phi) is 2.88. The van der Waals surface area contributed by atoms with Crippen LogP contribution in [0.1, 0.15) is 40.9 Å². The van der Waals surface area contributed by atoms with Crippen molar-refractivity contribution < 1.29 is 4.79 Å². The van der Waals surface area contributed by atoms with Crippen molar-refractivity contribution in [3.05, 3.63) is 48.0 Å². The van der Waals surface area contributed by atoms with Crippen molar-refractivity contribution in [2.24, 2.45) is 0 Å². The molecule has 0 bridgehead atoms. The van der Waals surface area contributed by atoms with Gasteiger partial charge >= 0.3 is 0 Å². The molecule has 3 aromatic rings. The van der Waals surface area contributed by atoms with Gasteiger partial charge in [0.25, 0.3) is 5.91 Å². The molecule has 5 rings (SSSR count). The summed E-state index contributed by atoms with van der Waals surface area (Å²) in [6.45, 7) is 1.34. The number of carbonyl (C=O) groups excluding carboxylic acids is 1. The Morgan fingerprint density at radius 3 is 2.67 bits per heavy atom. The lowest BCUT2D eigenvalue weighted by Crippen LogP contribution is -2.50. The number of hydrogen-bond acceptors (Lipinski definition) is 5. The van der Waals surface area contributed by atoms with E-state index < -0.39 is 0 Å². The Balaban J connectivity index is 1.29. The smallest absolute Gasteiger partial charge is 0.254 e. The number of hydrogen-bond donors (Lipinski definition) is 0. The number of carbonyl (C=O) groups is 1. The second kappa shape index (κ2) is 5.09. The molecule has 7 nitrogen and oxygen atoms in total. The maximum Gasteiger partial charge on any atom is 0.254 e. The quantitative estimate of drug-likeness (QED) is 0.735. The van der Waals surface area contributed by atoms with Gasteiger partial charge in [-0.25, -0.2) is 4.68 Å². The van der Waals surface area contributed by atoms with E-state index in [1.54, 1.807) is 18.5 Å². The van der Waals surface area contributed by atoms with E-state index in [-0.39, 0.29) is 11.9 Å². The molecule has 0 N–H and O–H groups in total. The first kappa shape index (κ1) is 13.6. The third-order valence-corrected chi connectivity index (χ3v) is 4.76. The third-order valence-electron chi connectivity index (χ3n) is 4.76. The van der Waals surface area contributed by atoms with Crippen molar-refractivity contribution in [2.75, 3.05) is 13.1 Å². The highest BCUT2D eigenvalue weighted by molar-refractivity contribution is 5.97. The Labute approximate surface area is 138 Å². The predicted octanol–water partition coefficient (Wildman–Crippen LogP) is 1.80. The lowest BCUT2D eigenvalue weighted by molar-refractivity contribution is 0.0498. The van der Waals surface area contributed by atoms with E-state index in [4.69, 9.17) is 0 Å². The van der Waals surface area contributed by atoms with Crippen molar-refractivity contribution in [3.63, 3.8) is 0 Å². The van der Waals surface area contributed by atoms with Gasteiger partial charge in [0, 0.05) is 43.2 Å². The molecule has 2 aromatic heterocycles. The van der Waals surface area contributed by atoms with Crippen molar-refractivity contribution in [1.82, 2.24) is 29.9 Å². The van der Waals surface area contributed by atoms with E-state index in [9.17, 15) is 4.79 Å². The minimum Gasteiger partial charge on any atom is -0.334 e. The third kappa shape index (κ3) is 2.24. The average Bonchev–Trinajstić information content (AvgIpc) is 3.32. The summed E-state index contributed by atoms with van der Waals surface area (Å²) in [5, 5.41) is 8.45. The zero-order valence-corrected chi connectivity index (χ0v) is 13.0. The van der Waals surface area contributed by atoms with E-state index in [1.807, 2.05) is 27.9 Å². The van der Waals surface area contributed by atoms with Crippen LogP contribution in [-0.4, -0.2) is 48.9 Å². The molecule has 120 valence electrons. The Bertz CT molecular complexity index is 925. The fourth-order valence-corrected chi connectivity index (χ4v) is 3.10. The van der Waals surface area contributed by atoms with Crippen molar-refractivity contribution in [1.29, 1.82) is 0 Å². The number of likely N-dealkylation sites (tertiary alicyclic amines) is 1. The number of benzene rings is 1. The largest absolute Gasteiger partial charge is 0.334 e. The Hall–Kier alpha value is -2.83. The van der Waals surface area contributed by atoms with Gasteiger partial charge in [-0.05, 0) is 31.0 Å². The van der Waals surface area contributed by atoms with Crippen LogP contribution in [0.3, 0.4) is 0 Å². The van der Waals surface area contributed by atoms with Crippen molar-refractivity contribution in [2.45, 2.75) is 24.8 Å². The highest BCUT2D eigenvalue weighted by Gasteiger charge is 2.34. The molecule has 2 fully saturated rings. The van der Waals surface area contributed by atoms with Gasteiger partial charge in [0.15, 0.2) is 0 Å². The molecule has 0 atom stereocenters. The summed E-state index contributed by atoms with van der Waals surface area (Å²) in [5.41, 5.74) is 3.28. The van der Waals surface area contributed by atoms with Gasteiger partial charge in [0.1, 0.15) is 0 Å². The Morgan fingerprint density at radius 1 is 1.08 bits per heavy atom. The molecule has 1 aliphatic carbocycles. The molecular formula is C17H16N6O. The maximum absolute atomic E-state index is 12.6. The summed E-state index contributed by atoms with van der Waals surface area (Å²) in [6, 6.07) is 5.69. The number of fused-ring (bicyclic) bond motifs is 1. The zero-order chi connectivity index (χ0) is 16.1. The van der Waals surface area contributed by atoms with E-state index in [2.05, 4.69) is 20.3 Å². The molecule has 24 heavy (non-hydrogen) atoms. The van der Waals surface area contributed by atoms with Gasteiger partial charge < -0.3 is 4.90 Å². The molecule has 1 saturated carbocycles. The monoisotopic (exact) mass is 320 g/mol. The summed E-state index contributed by atoms with van der Waals surface area (Å²) < 4.78 is 1.91. The first-order valence-corrected chi connectivity index (χ1v) is 8.20. The summed E-state index contributed by atoms with van der Waals surface area (Å²) in [4.78, 5) is 22.9. The Morgan fingerprint density at radius 2 is 1.88 bits per heavy atom. The highest BCUT2D eigenvalue weighted by Crippen LogP contribution is 2.39. The second-order valence-electron chi connectivity index (χ2n) is 6.52. The summed E-state index contributed by atoms with van der Waals surface area (Å²) >= 11 is 0. The normalized spacial score (nSPS) is 17.9. The highest BCUT2D eigenvalue weighted by atomic mass is 16.2. The number of aromatic nitrogens is 5.